The molecule has 30 heavy (non-hydrogen) atoms. The lowest BCUT2D eigenvalue weighted by atomic mass is 10.1. The van der Waals surface area contributed by atoms with Gasteiger partial charge in [0.25, 0.3) is 0 Å². The van der Waals surface area contributed by atoms with E-state index < -0.39 is 11.8 Å². The van der Waals surface area contributed by atoms with Crippen LogP contribution >= 0.6 is 0 Å². The maximum absolute atomic E-state index is 12.4. The summed E-state index contributed by atoms with van der Waals surface area (Å²) in [5, 5.41) is 5.42. The molecule has 1 unspecified atom stereocenters. The van der Waals surface area contributed by atoms with E-state index in [9.17, 15) is 9.59 Å². The number of rotatable bonds is 10. The van der Waals surface area contributed by atoms with Crippen molar-refractivity contribution >= 4 is 17.5 Å². The molecule has 2 aromatic carbocycles. The lowest BCUT2D eigenvalue weighted by molar-refractivity contribution is -0.136. The van der Waals surface area contributed by atoms with E-state index >= 15 is 0 Å². The third kappa shape index (κ3) is 6.51. The zero-order valence-electron chi connectivity index (χ0n) is 18.3. The third-order valence-electron chi connectivity index (χ3n) is 4.89. The number of para-hydroxylation sites is 1. The summed E-state index contributed by atoms with van der Waals surface area (Å²) in [7, 11) is 1.58. The Hall–Kier alpha value is -3.02. The predicted molar refractivity (Wildman–Crippen MR) is 119 cm³/mol. The molecule has 1 atom stereocenters. The third-order valence-corrected chi connectivity index (χ3v) is 4.89. The summed E-state index contributed by atoms with van der Waals surface area (Å²) in [5.74, 6) is -0.103. The Labute approximate surface area is 179 Å². The second-order valence-corrected chi connectivity index (χ2v) is 7.13. The van der Waals surface area contributed by atoms with Crippen LogP contribution in [0.15, 0.2) is 42.5 Å². The van der Waals surface area contributed by atoms with Gasteiger partial charge in [0, 0.05) is 5.69 Å². The first-order chi connectivity index (χ1) is 14.5. The number of anilines is 1. The van der Waals surface area contributed by atoms with Crippen molar-refractivity contribution in [2.24, 2.45) is 0 Å². The molecule has 0 aliphatic carbocycles. The first-order valence-electron chi connectivity index (χ1n) is 10.5. The molecule has 162 valence electrons. The molecule has 0 bridgehead atoms. The number of methoxy groups -OCH3 is 1. The fourth-order valence-electron chi connectivity index (χ4n) is 3.08. The molecule has 2 aromatic rings. The van der Waals surface area contributed by atoms with E-state index in [0.717, 1.165) is 36.8 Å². The van der Waals surface area contributed by atoms with E-state index in [1.54, 1.807) is 13.2 Å². The van der Waals surface area contributed by atoms with Gasteiger partial charge in [-0.25, -0.2) is 0 Å². The normalized spacial score (nSPS) is 11.5. The Morgan fingerprint density at radius 1 is 1.00 bits per heavy atom. The largest absolute Gasteiger partial charge is 0.493 e. The molecule has 2 amide bonds. The van der Waals surface area contributed by atoms with Gasteiger partial charge in [0.05, 0.1) is 19.8 Å². The van der Waals surface area contributed by atoms with E-state index in [2.05, 4.69) is 17.6 Å². The van der Waals surface area contributed by atoms with Gasteiger partial charge in [-0.3, -0.25) is 9.59 Å². The molecule has 0 saturated carbocycles. The summed E-state index contributed by atoms with van der Waals surface area (Å²) in [6, 6.07) is 12.6. The summed E-state index contributed by atoms with van der Waals surface area (Å²) < 4.78 is 11.2. The molecule has 0 aromatic heterocycles. The van der Waals surface area contributed by atoms with Crippen molar-refractivity contribution in [1.29, 1.82) is 0 Å². The molecule has 0 heterocycles. The molecular formula is C24H32N2O4. The van der Waals surface area contributed by atoms with Crippen LogP contribution in [0.3, 0.4) is 0 Å². The summed E-state index contributed by atoms with van der Waals surface area (Å²) >= 11 is 0. The van der Waals surface area contributed by atoms with E-state index in [0.29, 0.717) is 23.8 Å². The van der Waals surface area contributed by atoms with Crippen molar-refractivity contribution in [3.8, 4) is 11.5 Å². The van der Waals surface area contributed by atoms with Crippen LogP contribution < -0.4 is 20.1 Å². The van der Waals surface area contributed by atoms with Gasteiger partial charge in [0.2, 0.25) is 0 Å². The minimum absolute atomic E-state index is 0.368. The highest BCUT2D eigenvalue weighted by Crippen LogP contribution is 2.30. The zero-order valence-corrected chi connectivity index (χ0v) is 18.3. The lowest BCUT2D eigenvalue weighted by Crippen LogP contribution is -2.37. The number of ether oxygens (including phenoxy) is 2. The van der Waals surface area contributed by atoms with Gasteiger partial charge >= 0.3 is 11.8 Å². The Balaban J connectivity index is 1.99. The van der Waals surface area contributed by atoms with Crippen LogP contribution in [0.2, 0.25) is 0 Å². The Morgan fingerprint density at radius 3 is 2.47 bits per heavy atom. The van der Waals surface area contributed by atoms with Gasteiger partial charge in [-0.2, -0.15) is 0 Å². The molecule has 6 nitrogen and oxygen atoms in total. The monoisotopic (exact) mass is 412 g/mol. The quantitative estimate of drug-likeness (QED) is 0.440. The minimum atomic E-state index is -0.689. The average Bonchev–Trinajstić information content (AvgIpc) is 2.76. The highest BCUT2D eigenvalue weighted by molar-refractivity contribution is 6.39. The Kier molecular flexibility index (Phi) is 9.19. The van der Waals surface area contributed by atoms with Crippen molar-refractivity contribution in [3.63, 3.8) is 0 Å². The summed E-state index contributed by atoms with van der Waals surface area (Å²) in [6.07, 6.45) is 4.01. The first-order valence-corrected chi connectivity index (χ1v) is 10.5. The predicted octanol–water partition coefficient (Wildman–Crippen LogP) is 4.64. The Morgan fingerprint density at radius 2 is 1.77 bits per heavy atom. The molecule has 0 radical (unpaired) electrons. The summed E-state index contributed by atoms with van der Waals surface area (Å²) in [5.41, 5.74) is 2.45. The number of carbonyl (C=O) groups excluding carboxylic acids is 2. The zero-order chi connectivity index (χ0) is 21.9. The van der Waals surface area contributed by atoms with Gasteiger partial charge < -0.3 is 20.1 Å². The number of benzene rings is 2. The number of aryl methyl sites for hydroxylation is 1. The molecule has 0 aliphatic heterocycles. The lowest BCUT2D eigenvalue weighted by Gasteiger charge is -2.17. The van der Waals surface area contributed by atoms with Crippen LogP contribution in [-0.2, 0) is 16.0 Å². The van der Waals surface area contributed by atoms with Gasteiger partial charge in [-0.05, 0) is 49.1 Å². The van der Waals surface area contributed by atoms with E-state index in [1.165, 1.54) is 0 Å². The second-order valence-electron chi connectivity index (χ2n) is 7.13. The number of amides is 2. The number of hydrogen-bond donors (Lipinski definition) is 2. The van der Waals surface area contributed by atoms with E-state index in [1.807, 2.05) is 50.2 Å². The molecule has 2 rings (SSSR count). The maximum Gasteiger partial charge on any atom is 0.313 e. The van der Waals surface area contributed by atoms with Crippen LogP contribution in [0, 0.1) is 0 Å². The number of hydrogen-bond acceptors (Lipinski definition) is 4. The number of nitrogens with one attached hydrogen (secondary N) is 2. The van der Waals surface area contributed by atoms with Crippen LogP contribution in [0.5, 0.6) is 11.5 Å². The van der Waals surface area contributed by atoms with Gasteiger partial charge in [0.15, 0.2) is 11.5 Å². The second kappa shape index (κ2) is 11.9. The molecule has 0 spiro atoms. The molecule has 0 aliphatic rings. The summed E-state index contributed by atoms with van der Waals surface area (Å²) in [6.45, 7) is 6.60. The van der Waals surface area contributed by atoms with Crippen molar-refractivity contribution < 1.29 is 19.1 Å². The van der Waals surface area contributed by atoms with E-state index in [-0.39, 0.29) is 6.04 Å². The van der Waals surface area contributed by atoms with Crippen LogP contribution in [0.4, 0.5) is 5.69 Å². The van der Waals surface area contributed by atoms with Crippen LogP contribution in [-0.4, -0.2) is 25.5 Å². The number of unbranched alkanes of at least 4 members (excludes halogenated alkanes) is 2. The standard InChI is InChI=1S/C24H32N2O4/c1-5-7-10-15-30-21-14-13-19(16-22(21)29-4)17(3)25-23(27)24(28)26-20-12-9-8-11-18(20)6-2/h8-9,11-14,16-17H,5-7,10,15H2,1-4H3,(H,25,27)(H,26,28). The topological polar surface area (TPSA) is 76.7 Å². The fraction of sp³-hybridized carbons (Fsp3) is 0.417. The molecule has 2 N–H and O–H groups in total. The van der Waals surface area contributed by atoms with Gasteiger partial charge in [0.1, 0.15) is 0 Å². The maximum atomic E-state index is 12.4. The fourth-order valence-corrected chi connectivity index (χ4v) is 3.08. The molecular weight excluding hydrogens is 380 g/mol. The number of carbonyl (C=O) groups is 2. The average molecular weight is 413 g/mol. The highest BCUT2D eigenvalue weighted by Gasteiger charge is 2.19. The van der Waals surface area contributed by atoms with Crippen LogP contribution in [0.25, 0.3) is 0 Å². The molecule has 0 fully saturated rings. The molecule has 6 heteroatoms. The van der Waals surface area contributed by atoms with Crippen molar-refractivity contribution in [3.05, 3.63) is 53.6 Å². The first kappa shape index (κ1) is 23.3. The van der Waals surface area contributed by atoms with Crippen LogP contribution in [0.1, 0.15) is 57.2 Å². The van der Waals surface area contributed by atoms with Gasteiger partial charge in [-0.1, -0.05) is 51.0 Å². The van der Waals surface area contributed by atoms with Gasteiger partial charge in [-0.15, -0.1) is 0 Å². The highest BCUT2D eigenvalue weighted by atomic mass is 16.5. The SMILES string of the molecule is CCCCCOc1ccc(C(C)NC(=O)C(=O)Nc2ccccc2CC)cc1OC. The van der Waals surface area contributed by atoms with E-state index in [4.69, 9.17) is 9.47 Å². The van der Waals surface area contributed by atoms with Crippen molar-refractivity contribution in [1.82, 2.24) is 5.32 Å². The molecule has 0 saturated heterocycles. The van der Waals surface area contributed by atoms with Crippen molar-refractivity contribution in [2.45, 2.75) is 52.5 Å². The Bertz CT molecular complexity index is 851. The minimum Gasteiger partial charge on any atom is -0.493 e. The van der Waals surface area contributed by atoms with Crippen molar-refractivity contribution in [2.75, 3.05) is 19.0 Å². The smallest absolute Gasteiger partial charge is 0.313 e. The summed E-state index contributed by atoms with van der Waals surface area (Å²) in [4.78, 5) is 24.7.